The molecule has 2 rings (SSSR count). The standard InChI is InChI=1S/C12H14Cl2N2O3/c13-7-2-1-3-8(12(7)14)15-11(19)6-16-4-9(17)10(18)5-16/h1-3,9-10,17-18H,4-6H2,(H,15,19). The lowest BCUT2D eigenvalue weighted by Crippen LogP contribution is -2.32. The number of nitrogens with zero attached hydrogens (tertiary/aromatic N) is 1. The average molecular weight is 305 g/mol. The molecule has 0 aliphatic carbocycles. The summed E-state index contributed by atoms with van der Waals surface area (Å²) in [5, 5.41) is 22.1. The average Bonchev–Trinajstić information content (AvgIpc) is 2.64. The Balaban J connectivity index is 1.93. The van der Waals surface area contributed by atoms with Crippen LogP contribution in [-0.2, 0) is 4.79 Å². The molecule has 1 amide bonds. The Hall–Kier alpha value is -0.850. The first-order chi connectivity index (χ1) is 8.97. The van der Waals surface area contributed by atoms with Gasteiger partial charge in [0.1, 0.15) is 0 Å². The van der Waals surface area contributed by atoms with Crippen LogP contribution in [0.5, 0.6) is 0 Å². The fraction of sp³-hybridized carbons (Fsp3) is 0.417. The third-order valence-corrected chi connectivity index (χ3v) is 3.75. The molecule has 2 atom stereocenters. The fourth-order valence-electron chi connectivity index (χ4n) is 1.97. The van der Waals surface area contributed by atoms with Crippen molar-refractivity contribution in [2.45, 2.75) is 12.2 Å². The summed E-state index contributed by atoms with van der Waals surface area (Å²) in [4.78, 5) is 13.5. The number of nitrogens with one attached hydrogen (secondary N) is 1. The highest BCUT2D eigenvalue weighted by Gasteiger charge is 2.30. The van der Waals surface area contributed by atoms with Crippen molar-refractivity contribution < 1.29 is 15.0 Å². The molecule has 0 aromatic heterocycles. The third-order valence-electron chi connectivity index (χ3n) is 2.93. The highest BCUT2D eigenvalue weighted by atomic mass is 35.5. The Morgan fingerprint density at radius 3 is 2.58 bits per heavy atom. The van der Waals surface area contributed by atoms with Gasteiger partial charge in [0.05, 0.1) is 34.5 Å². The lowest BCUT2D eigenvalue weighted by molar-refractivity contribution is -0.117. The number of amides is 1. The molecule has 1 fully saturated rings. The molecule has 1 aliphatic heterocycles. The van der Waals surface area contributed by atoms with E-state index in [1.54, 1.807) is 23.1 Å². The van der Waals surface area contributed by atoms with Crippen molar-refractivity contribution in [2.75, 3.05) is 25.0 Å². The predicted molar refractivity (Wildman–Crippen MR) is 73.5 cm³/mol. The number of carbonyl (C=O) groups is 1. The largest absolute Gasteiger partial charge is 0.389 e. The minimum absolute atomic E-state index is 0.0803. The Labute approximate surface area is 120 Å². The van der Waals surface area contributed by atoms with Gasteiger partial charge in [-0.1, -0.05) is 29.3 Å². The number of aliphatic hydroxyl groups is 2. The molecule has 0 spiro atoms. The molecular weight excluding hydrogens is 291 g/mol. The van der Waals surface area contributed by atoms with Gasteiger partial charge in [-0.05, 0) is 12.1 Å². The van der Waals surface area contributed by atoms with Crippen LogP contribution in [0.25, 0.3) is 0 Å². The summed E-state index contributed by atoms with van der Waals surface area (Å²) in [5.74, 6) is -0.273. The minimum Gasteiger partial charge on any atom is -0.389 e. The molecule has 0 radical (unpaired) electrons. The van der Waals surface area contributed by atoms with Crippen LogP contribution in [0.4, 0.5) is 5.69 Å². The van der Waals surface area contributed by atoms with E-state index < -0.39 is 12.2 Å². The van der Waals surface area contributed by atoms with Crippen LogP contribution in [0.1, 0.15) is 0 Å². The number of hydrogen-bond donors (Lipinski definition) is 3. The van der Waals surface area contributed by atoms with E-state index in [0.29, 0.717) is 15.7 Å². The number of anilines is 1. The normalized spacial score (nSPS) is 23.6. The Kier molecular flexibility index (Phi) is 4.65. The zero-order valence-electron chi connectivity index (χ0n) is 10.0. The zero-order chi connectivity index (χ0) is 14.0. The van der Waals surface area contributed by atoms with Gasteiger partial charge in [0.25, 0.3) is 0 Å². The van der Waals surface area contributed by atoms with Crippen molar-refractivity contribution in [2.24, 2.45) is 0 Å². The summed E-state index contributed by atoms with van der Waals surface area (Å²) >= 11 is 11.8. The van der Waals surface area contributed by atoms with Gasteiger partial charge in [-0.2, -0.15) is 0 Å². The topological polar surface area (TPSA) is 72.8 Å². The maximum absolute atomic E-state index is 11.8. The summed E-state index contributed by atoms with van der Waals surface area (Å²) in [7, 11) is 0. The molecule has 1 aliphatic rings. The molecule has 1 aromatic rings. The molecule has 1 heterocycles. The number of β-amino-alcohol motifs (C(OH)–C–C–N with tert-alkyl or cyclic N) is 2. The third kappa shape index (κ3) is 3.58. The van der Waals surface area contributed by atoms with Crippen LogP contribution in [0.15, 0.2) is 18.2 Å². The van der Waals surface area contributed by atoms with Crippen LogP contribution in [0.2, 0.25) is 10.0 Å². The number of hydrogen-bond acceptors (Lipinski definition) is 4. The van der Waals surface area contributed by atoms with Gasteiger partial charge in [-0.25, -0.2) is 0 Å². The number of halogens is 2. The monoisotopic (exact) mass is 304 g/mol. The van der Waals surface area contributed by atoms with Crippen LogP contribution in [0, 0.1) is 0 Å². The molecule has 3 N–H and O–H groups in total. The highest BCUT2D eigenvalue weighted by molar-refractivity contribution is 6.43. The van der Waals surface area contributed by atoms with Crippen molar-refractivity contribution in [3.8, 4) is 0 Å². The van der Waals surface area contributed by atoms with Crippen LogP contribution in [-0.4, -0.2) is 52.9 Å². The quantitative estimate of drug-likeness (QED) is 0.778. The van der Waals surface area contributed by atoms with Gasteiger partial charge in [0.2, 0.25) is 5.91 Å². The lowest BCUT2D eigenvalue weighted by Gasteiger charge is -2.15. The predicted octanol–water partition coefficient (Wildman–Crippen LogP) is 0.969. The number of aliphatic hydroxyl groups excluding tert-OH is 2. The molecule has 104 valence electrons. The maximum Gasteiger partial charge on any atom is 0.238 e. The van der Waals surface area contributed by atoms with Gasteiger partial charge in [-0.15, -0.1) is 0 Å². The summed E-state index contributed by atoms with van der Waals surface area (Å²) in [5.41, 5.74) is 0.444. The second-order valence-corrected chi connectivity index (χ2v) is 5.26. The first kappa shape index (κ1) is 14.6. The second kappa shape index (κ2) is 6.07. The molecule has 0 bridgehead atoms. The molecule has 19 heavy (non-hydrogen) atoms. The van der Waals surface area contributed by atoms with Gasteiger partial charge in [-0.3, -0.25) is 9.69 Å². The van der Waals surface area contributed by atoms with E-state index in [1.807, 2.05) is 0 Å². The van der Waals surface area contributed by atoms with Crippen molar-refractivity contribution >= 4 is 34.8 Å². The summed E-state index contributed by atoms with van der Waals surface area (Å²) < 4.78 is 0. The van der Waals surface area contributed by atoms with Gasteiger partial charge in [0.15, 0.2) is 0 Å². The number of likely N-dealkylation sites (tertiary alicyclic amines) is 1. The van der Waals surface area contributed by atoms with Gasteiger partial charge >= 0.3 is 0 Å². The van der Waals surface area contributed by atoms with Gasteiger partial charge in [0, 0.05) is 13.1 Å². The van der Waals surface area contributed by atoms with E-state index in [4.69, 9.17) is 23.2 Å². The maximum atomic E-state index is 11.8. The van der Waals surface area contributed by atoms with Crippen molar-refractivity contribution in [1.82, 2.24) is 4.90 Å². The highest BCUT2D eigenvalue weighted by Crippen LogP contribution is 2.29. The zero-order valence-corrected chi connectivity index (χ0v) is 11.5. The van der Waals surface area contributed by atoms with E-state index in [-0.39, 0.29) is 25.5 Å². The molecule has 1 saturated heterocycles. The Bertz CT molecular complexity index is 474. The molecule has 1 aromatic carbocycles. The Morgan fingerprint density at radius 1 is 1.32 bits per heavy atom. The van der Waals surface area contributed by atoms with Crippen molar-refractivity contribution in [3.05, 3.63) is 28.2 Å². The van der Waals surface area contributed by atoms with Crippen LogP contribution in [0.3, 0.4) is 0 Å². The molecule has 0 saturated carbocycles. The van der Waals surface area contributed by atoms with Crippen molar-refractivity contribution in [3.63, 3.8) is 0 Å². The summed E-state index contributed by atoms with van der Waals surface area (Å²) in [6.07, 6.45) is -1.61. The SMILES string of the molecule is O=C(CN1CC(O)C(O)C1)Nc1cccc(Cl)c1Cl. The van der Waals surface area contributed by atoms with Crippen LogP contribution < -0.4 is 5.32 Å². The summed E-state index contributed by atoms with van der Waals surface area (Å²) in [6.45, 7) is 0.632. The molecule has 5 nitrogen and oxygen atoms in total. The smallest absolute Gasteiger partial charge is 0.238 e. The van der Waals surface area contributed by atoms with E-state index in [9.17, 15) is 15.0 Å². The fourth-order valence-corrected chi connectivity index (χ4v) is 2.32. The molecule has 7 heteroatoms. The van der Waals surface area contributed by atoms with Crippen LogP contribution >= 0.6 is 23.2 Å². The van der Waals surface area contributed by atoms with E-state index in [2.05, 4.69) is 5.32 Å². The first-order valence-corrected chi connectivity index (χ1v) is 6.55. The van der Waals surface area contributed by atoms with E-state index in [0.717, 1.165) is 0 Å². The van der Waals surface area contributed by atoms with E-state index in [1.165, 1.54) is 0 Å². The van der Waals surface area contributed by atoms with Gasteiger partial charge < -0.3 is 15.5 Å². The Morgan fingerprint density at radius 2 is 1.95 bits per heavy atom. The number of carbonyl (C=O) groups excluding carboxylic acids is 1. The molecule has 2 unspecified atom stereocenters. The first-order valence-electron chi connectivity index (χ1n) is 5.79. The number of benzene rings is 1. The number of rotatable bonds is 3. The lowest BCUT2D eigenvalue weighted by atomic mass is 10.3. The minimum atomic E-state index is -0.803. The van der Waals surface area contributed by atoms with E-state index >= 15 is 0 Å². The summed E-state index contributed by atoms with van der Waals surface area (Å²) in [6, 6.07) is 4.97. The molecular formula is C12H14Cl2N2O3. The second-order valence-electron chi connectivity index (χ2n) is 4.48. The van der Waals surface area contributed by atoms with Crippen molar-refractivity contribution in [1.29, 1.82) is 0 Å².